The molecule has 0 aromatic carbocycles. The van der Waals surface area contributed by atoms with Crippen LogP contribution in [0.5, 0.6) is 0 Å². The molecule has 3 nitrogen and oxygen atoms in total. The van der Waals surface area contributed by atoms with Crippen LogP contribution in [-0.4, -0.2) is 33.0 Å². The molecule has 0 bridgehead atoms. The van der Waals surface area contributed by atoms with Gasteiger partial charge >= 0.3 is 0 Å². The summed E-state index contributed by atoms with van der Waals surface area (Å²) in [5, 5.41) is 12.5. The first kappa shape index (κ1) is 8.62. The first-order chi connectivity index (χ1) is 5.43. The predicted molar refractivity (Wildman–Crippen MR) is 46.6 cm³/mol. The highest BCUT2D eigenvalue weighted by molar-refractivity contribution is 7.99. The molecule has 0 fully saturated rings. The van der Waals surface area contributed by atoms with E-state index in [4.69, 9.17) is 5.11 Å². The van der Waals surface area contributed by atoms with E-state index in [9.17, 15) is 0 Å². The van der Waals surface area contributed by atoms with E-state index < -0.39 is 0 Å². The van der Waals surface area contributed by atoms with E-state index in [2.05, 4.69) is 5.10 Å². The molecule has 0 saturated carbocycles. The zero-order valence-corrected chi connectivity index (χ0v) is 7.13. The van der Waals surface area contributed by atoms with Gasteiger partial charge in [-0.05, 0) is 6.07 Å². The average molecular weight is 172 g/mol. The van der Waals surface area contributed by atoms with Gasteiger partial charge in [-0.15, -0.1) is 0 Å². The van der Waals surface area contributed by atoms with Crippen molar-refractivity contribution in [2.45, 2.75) is 6.54 Å². The number of hydrogen-bond acceptors (Lipinski definition) is 3. The lowest BCUT2D eigenvalue weighted by Gasteiger charge is -1.99. The Balaban J connectivity index is 2.04. The summed E-state index contributed by atoms with van der Waals surface area (Å²) in [5.41, 5.74) is 0. The molecule has 4 heteroatoms. The molecule has 0 aliphatic rings. The molecule has 0 aliphatic heterocycles. The van der Waals surface area contributed by atoms with Crippen molar-refractivity contribution in [2.75, 3.05) is 18.1 Å². The van der Waals surface area contributed by atoms with Crippen LogP contribution in [0.25, 0.3) is 0 Å². The van der Waals surface area contributed by atoms with Crippen LogP contribution in [0.1, 0.15) is 0 Å². The van der Waals surface area contributed by atoms with E-state index in [0.717, 1.165) is 18.1 Å². The van der Waals surface area contributed by atoms with E-state index in [-0.39, 0.29) is 6.61 Å². The third kappa shape index (κ3) is 3.43. The summed E-state index contributed by atoms with van der Waals surface area (Å²) in [4.78, 5) is 0. The lowest BCUT2D eigenvalue weighted by atomic mass is 10.7. The summed E-state index contributed by atoms with van der Waals surface area (Å²) < 4.78 is 1.89. The molecule has 1 aromatic heterocycles. The van der Waals surface area contributed by atoms with Crippen LogP contribution < -0.4 is 0 Å². The van der Waals surface area contributed by atoms with Crippen LogP contribution in [0.3, 0.4) is 0 Å². The third-order valence-electron chi connectivity index (χ3n) is 1.26. The summed E-state index contributed by atoms with van der Waals surface area (Å²) in [5.74, 6) is 1.84. The van der Waals surface area contributed by atoms with Crippen LogP contribution in [0.2, 0.25) is 0 Å². The van der Waals surface area contributed by atoms with Gasteiger partial charge in [-0.25, -0.2) is 0 Å². The number of aromatic nitrogens is 2. The van der Waals surface area contributed by atoms with Crippen molar-refractivity contribution in [3.8, 4) is 0 Å². The first-order valence-electron chi connectivity index (χ1n) is 3.59. The highest BCUT2D eigenvalue weighted by Crippen LogP contribution is 1.99. The second-order valence-corrected chi connectivity index (χ2v) is 3.33. The summed E-state index contributed by atoms with van der Waals surface area (Å²) in [6, 6.07) is 1.91. The quantitative estimate of drug-likeness (QED) is 0.661. The fourth-order valence-electron chi connectivity index (χ4n) is 0.757. The average Bonchev–Trinajstić information content (AvgIpc) is 2.50. The minimum atomic E-state index is 0.268. The van der Waals surface area contributed by atoms with Gasteiger partial charge in [0.2, 0.25) is 0 Å². The van der Waals surface area contributed by atoms with E-state index >= 15 is 0 Å². The molecule has 0 saturated heterocycles. The number of aliphatic hydroxyl groups is 1. The Morgan fingerprint density at radius 2 is 2.36 bits per heavy atom. The van der Waals surface area contributed by atoms with Crippen LogP contribution in [0.4, 0.5) is 0 Å². The Morgan fingerprint density at radius 3 is 3.00 bits per heavy atom. The van der Waals surface area contributed by atoms with Crippen molar-refractivity contribution >= 4 is 11.8 Å². The largest absolute Gasteiger partial charge is 0.396 e. The SMILES string of the molecule is OCCSCCn1cccn1. The van der Waals surface area contributed by atoms with E-state index in [1.54, 1.807) is 18.0 Å². The Morgan fingerprint density at radius 1 is 1.45 bits per heavy atom. The van der Waals surface area contributed by atoms with Crippen molar-refractivity contribution in [2.24, 2.45) is 0 Å². The maximum atomic E-state index is 8.48. The van der Waals surface area contributed by atoms with Crippen LogP contribution in [-0.2, 0) is 6.54 Å². The fraction of sp³-hybridized carbons (Fsp3) is 0.571. The van der Waals surface area contributed by atoms with E-state index in [0.29, 0.717) is 0 Å². The second kappa shape index (κ2) is 5.21. The smallest absolute Gasteiger partial charge is 0.0521 e. The van der Waals surface area contributed by atoms with Crippen LogP contribution in [0, 0.1) is 0 Å². The third-order valence-corrected chi connectivity index (χ3v) is 2.20. The zero-order chi connectivity index (χ0) is 7.94. The Kier molecular flexibility index (Phi) is 4.08. The summed E-state index contributed by atoms with van der Waals surface area (Å²) >= 11 is 1.74. The topological polar surface area (TPSA) is 38.0 Å². The highest BCUT2D eigenvalue weighted by Gasteiger charge is 1.89. The van der Waals surface area contributed by atoms with Gasteiger partial charge in [0.1, 0.15) is 0 Å². The van der Waals surface area contributed by atoms with Gasteiger partial charge in [0.05, 0.1) is 6.61 Å². The molecule has 0 amide bonds. The molecule has 1 heterocycles. The molecule has 1 rings (SSSR count). The number of aryl methyl sites for hydroxylation is 1. The van der Waals surface area contributed by atoms with Gasteiger partial charge in [0.25, 0.3) is 0 Å². The maximum absolute atomic E-state index is 8.48. The number of aliphatic hydroxyl groups excluding tert-OH is 1. The highest BCUT2D eigenvalue weighted by atomic mass is 32.2. The minimum Gasteiger partial charge on any atom is -0.396 e. The lowest BCUT2D eigenvalue weighted by Crippen LogP contribution is -2.01. The zero-order valence-electron chi connectivity index (χ0n) is 6.31. The van der Waals surface area contributed by atoms with E-state index in [1.165, 1.54) is 0 Å². The number of nitrogens with zero attached hydrogens (tertiary/aromatic N) is 2. The molecular formula is C7H12N2OS. The molecular weight excluding hydrogens is 160 g/mol. The standard InChI is InChI=1S/C7H12N2OS/c10-5-7-11-6-4-9-3-1-2-8-9/h1-3,10H,4-7H2. The van der Waals surface area contributed by atoms with Gasteiger partial charge < -0.3 is 5.11 Å². The minimum absolute atomic E-state index is 0.268. The molecule has 1 aromatic rings. The monoisotopic (exact) mass is 172 g/mol. The number of thioether (sulfide) groups is 1. The summed E-state index contributed by atoms with van der Waals surface area (Å²) in [7, 11) is 0. The Hall–Kier alpha value is -0.480. The second-order valence-electron chi connectivity index (χ2n) is 2.11. The van der Waals surface area contributed by atoms with Crippen molar-refractivity contribution in [1.29, 1.82) is 0 Å². The van der Waals surface area contributed by atoms with Crippen LogP contribution in [0.15, 0.2) is 18.5 Å². The summed E-state index contributed by atoms with van der Waals surface area (Å²) in [6.07, 6.45) is 3.72. The Bertz CT molecular complexity index is 177. The number of rotatable bonds is 5. The molecule has 0 spiro atoms. The molecule has 62 valence electrons. The molecule has 0 atom stereocenters. The molecule has 0 radical (unpaired) electrons. The molecule has 0 unspecified atom stereocenters. The van der Waals surface area contributed by atoms with Gasteiger partial charge in [-0.1, -0.05) is 0 Å². The van der Waals surface area contributed by atoms with Gasteiger partial charge in [-0.2, -0.15) is 16.9 Å². The molecule has 0 aliphatic carbocycles. The molecule has 1 N–H and O–H groups in total. The lowest BCUT2D eigenvalue weighted by molar-refractivity contribution is 0.322. The van der Waals surface area contributed by atoms with Gasteiger partial charge in [0.15, 0.2) is 0 Å². The van der Waals surface area contributed by atoms with Crippen LogP contribution >= 0.6 is 11.8 Å². The van der Waals surface area contributed by atoms with Gasteiger partial charge in [0, 0.05) is 30.4 Å². The van der Waals surface area contributed by atoms with Crippen molar-refractivity contribution in [3.05, 3.63) is 18.5 Å². The molecule has 11 heavy (non-hydrogen) atoms. The first-order valence-corrected chi connectivity index (χ1v) is 4.75. The summed E-state index contributed by atoms with van der Waals surface area (Å²) in [6.45, 7) is 1.20. The predicted octanol–water partition coefficient (Wildman–Crippen LogP) is 0.609. The van der Waals surface area contributed by atoms with Crippen molar-refractivity contribution < 1.29 is 5.11 Å². The maximum Gasteiger partial charge on any atom is 0.0521 e. The fourth-order valence-corrected chi connectivity index (χ4v) is 1.41. The number of hydrogen-bond donors (Lipinski definition) is 1. The normalized spacial score (nSPS) is 10.3. The Labute approximate surface area is 70.4 Å². The van der Waals surface area contributed by atoms with Gasteiger partial charge in [-0.3, -0.25) is 4.68 Å². The van der Waals surface area contributed by atoms with Crippen molar-refractivity contribution in [1.82, 2.24) is 9.78 Å². The van der Waals surface area contributed by atoms with Crippen molar-refractivity contribution in [3.63, 3.8) is 0 Å². The van der Waals surface area contributed by atoms with E-state index in [1.807, 2.05) is 16.9 Å².